The van der Waals surface area contributed by atoms with Gasteiger partial charge in [-0.15, -0.1) is 0 Å². The van der Waals surface area contributed by atoms with Crippen molar-refractivity contribution in [1.29, 1.82) is 0 Å². The molecule has 0 unspecified atom stereocenters. The normalized spacial score (nSPS) is 11.7. The average molecular weight is 316 g/mol. The van der Waals surface area contributed by atoms with Crippen LogP contribution < -0.4 is 5.32 Å². The van der Waals surface area contributed by atoms with Gasteiger partial charge in [-0.05, 0) is 24.6 Å². The SMILES string of the molecule is CC(=O)Nc1ccc(C)c(S(=O)(=O)N(CCO)CCO)c1. The number of benzene rings is 1. The number of nitrogens with zero attached hydrogens (tertiary/aromatic N) is 1. The molecule has 0 heterocycles. The number of hydrogen-bond donors (Lipinski definition) is 3. The zero-order valence-electron chi connectivity index (χ0n) is 12.0. The molecule has 118 valence electrons. The first kappa shape index (κ1) is 17.6. The molecule has 0 spiro atoms. The zero-order valence-corrected chi connectivity index (χ0v) is 12.9. The van der Waals surface area contributed by atoms with E-state index in [4.69, 9.17) is 10.2 Å². The van der Waals surface area contributed by atoms with Crippen LogP contribution in [0.5, 0.6) is 0 Å². The van der Waals surface area contributed by atoms with Gasteiger partial charge < -0.3 is 15.5 Å². The molecule has 0 aliphatic heterocycles. The number of sulfonamides is 1. The summed E-state index contributed by atoms with van der Waals surface area (Å²) in [6.07, 6.45) is 0. The lowest BCUT2D eigenvalue weighted by Crippen LogP contribution is -2.36. The first-order valence-corrected chi connectivity index (χ1v) is 7.87. The average Bonchev–Trinajstić information content (AvgIpc) is 2.40. The van der Waals surface area contributed by atoms with E-state index in [-0.39, 0.29) is 37.1 Å². The second kappa shape index (κ2) is 7.51. The highest BCUT2D eigenvalue weighted by molar-refractivity contribution is 7.89. The molecule has 0 fully saturated rings. The van der Waals surface area contributed by atoms with Crippen LogP contribution in [-0.2, 0) is 14.8 Å². The summed E-state index contributed by atoms with van der Waals surface area (Å²) in [6, 6.07) is 4.57. The third-order valence-electron chi connectivity index (χ3n) is 2.83. The van der Waals surface area contributed by atoms with Crippen molar-refractivity contribution in [3.63, 3.8) is 0 Å². The highest BCUT2D eigenvalue weighted by Crippen LogP contribution is 2.23. The van der Waals surface area contributed by atoms with Crippen molar-refractivity contribution in [2.24, 2.45) is 0 Å². The number of carbonyl (C=O) groups excluding carboxylic acids is 1. The molecule has 1 aromatic carbocycles. The van der Waals surface area contributed by atoms with Crippen molar-refractivity contribution < 1.29 is 23.4 Å². The first-order chi connectivity index (χ1) is 9.82. The number of amides is 1. The van der Waals surface area contributed by atoms with Crippen LogP contribution in [0.2, 0.25) is 0 Å². The molecule has 0 aliphatic rings. The van der Waals surface area contributed by atoms with Gasteiger partial charge in [0.05, 0.1) is 18.1 Å². The molecule has 0 atom stereocenters. The summed E-state index contributed by atoms with van der Waals surface area (Å²) >= 11 is 0. The fourth-order valence-corrected chi connectivity index (χ4v) is 3.55. The van der Waals surface area contributed by atoms with Crippen LogP contribution in [-0.4, -0.2) is 55.1 Å². The predicted molar refractivity (Wildman–Crippen MR) is 78.4 cm³/mol. The molecule has 21 heavy (non-hydrogen) atoms. The fraction of sp³-hybridized carbons (Fsp3) is 0.462. The minimum atomic E-state index is -3.85. The molecule has 0 saturated heterocycles. The Balaban J connectivity index is 3.24. The Morgan fingerprint density at radius 1 is 1.24 bits per heavy atom. The Bertz CT molecular complexity index is 595. The summed E-state index contributed by atoms with van der Waals surface area (Å²) in [5.41, 5.74) is 0.893. The van der Waals surface area contributed by atoms with E-state index < -0.39 is 10.0 Å². The highest BCUT2D eigenvalue weighted by atomic mass is 32.2. The van der Waals surface area contributed by atoms with Crippen molar-refractivity contribution in [3.05, 3.63) is 23.8 Å². The standard InChI is InChI=1S/C13H20N2O5S/c1-10-3-4-12(14-11(2)18)9-13(10)21(19,20)15(5-7-16)6-8-17/h3-4,9,16-17H,5-8H2,1-2H3,(H,14,18). The smallest absolute Gasteiger partial charge is 0.243 e. The Labute approximate surface area is 124 Å². The van der Waals surface area contributed by atoms with Crippen LogP contribution in [0, 0.1) is 6.92 Å². The van der Waals surface area contributed by atoms with E-state index in [0.29, 0.717) is 11.3 Å². The lowest BCUT2D eigenvalue weighted by molar-refractivity contribution is -0.114. The van der Waals surface area contributed by atoms with Crippen molar-refractivity contribution >= 4 is 21.6 Å². The molecule has 0 saturated carbocycles. The van der Waals surface area contributed by atoms with Gasteiger partial charge in [-0.3, -0.25) is 4.79 Å². The number of rotatable bonds is 7. The van der Waals surface area contributed by atoms with Crippen LogP contribution in [0.3, 0.4) is 0 Å². The van der Waals surface area contributed by atoms with Crippen LogP contribution >= 0.6 is 0 Å². The second-order valence-electron chi connectivity index (χ2n) is 4.51. The zero-order chi connectivity index (χ0) is 16.0. The van der Waals surface area contributed by atoms with Gasteiger partial charge in [0, 0.05) is 25.7 Å². The number of carbonyl (C=O) groups is 1. The molecule has 0 aromatic heterocycles. The van der Waals surface area contributed by atoms with E-state index in [1.54, 1.807) is 19.1 Å². The minimum absolute atomic E-state index is 0.0376. The molecule has 0 radical (unpaired) electrons. The lowest BCUT2D eigenvalue weighted by atomic mass is 10.2. The Kier molecular flexibility index (Phi) is 6.28. The molecule has 1 rings (SSSR count). The largest absolute Gasteiger partial charge is 0.395 e. The fourth-order valence-electron chi connectivity index (χ4n) is 1.87. The van der Waals surface area contributed by atoms with Crippen LogP contribution in [0.1, 0.15) is 12.5 Å². The molecule has 0 aliphatic carbocycles. The second-order valence-corrected chi connectivity index (χ2v) is 6.42. The van der Waals surface area contributed by atoms with E-state index in [2.05, 4.69) is 5.32 Å². The molecule has 7 nitrogen and oxygen atoms in total. The maximum atomic E-state index is 12.6. The van der Waals surface area contributed by atoms with Gasteiger partial charge >= 0.3 is 0 Å². The van der Waals surface area contributed by atoms with E-state index in [1.807, 2.05) is 0 Å². The number of aryl methyl sites for hydroxylation is 1. The number of hydrogen-bond acceptors (Lipinski definition) is 5. The van der Waals surface area contributed by atoms with Crippen LogP contribution in [0.25, 0.3) is 0 Å². The first-order valence-electron chi connectivity index (χ1n) is 6.43. The van der Waals surface area contributed by atoms with Gasteiger partial charge in [-0.25, -0.2) is 8.42 Å². The van der Waals surface area contributed by atoms with Crippen molar-refractivity contribution in [1.82, 2.24) is 4.31 Å². The Morgan fingerprint density at radius 3 is 2.29 bits per heavy atom. The van der Waals surface area contributed by atoms with Gasteiger partial charge in [0.25, 0.3) is 0 Å². The summed E-state index contributed by atoms with van der Waals surface area (Å²) in [7, 11) is -3.85. The number of aliphatic hydroxyl groups is 2. The lowest BCUT2D eigenvalue weighted by Gasteiger charge is -2.21. The van der Waals surface area contributed by atoms with E-state index >= 15 is 0 Å². The quantitative estimate of drug-likeness (QED) is 0.653. The van der Waals surface area contributed by atoms with Crippen molar-refractivity contribution in [3.8, 4) is 0 Å². The number of anilines is 1. The van der Waals surface area contributed by atoms with Crippen molar-refractivity contribution in [2.45, 2.75) is 18.7 Å². The third-order valence-corrected chi connectivity index (χ3v) is 4.87. The Morgan fingerprint density at radius 2 is 1.81 bits per heavy atom. The molecule has 3 N–H and O–H groups in total. The van der Waals surface area contributed by atoms with Crippen LogP contribution in [0.15, 0.2) is 23.1 Å². The van der Waals surface area contributed by atoms with Crippen molar-refractivity contribution in [2.75, 3.05) is 31.6 Å². The summed E-state index contributed by atoms with van der Waals surface area (Å²) < 4.78 is 26.1. The van der Waals surface area contributed by atoms with Gasteiger partial charge in [0.1, 0.15) is 0 Å². The molecule has 1 aromatic rings. The maximum Gasteiger partial charge on any atom is 0.243 e. The van der Waals surface area contributed by atoms with Gasteiger partial charge in [0.2, 0.25) is 15.9 Å². The molecule has 1 amide bonds. The summed E-state index contributed by atoms with van der Waals surface area (Å²) in [6.45, 7) is 2.07. The molecular weight excluding hydrogens is 296 g/mol. The van der Waals surface area contributed by atoms with Crippen LogP contribution in [0.4, 0.5) is 5.69 Å². The highest BCUT2D eigenvalue weighted by Gasteiger charge is 2.25. The minimum Gasteiger partial charge on any atom is -0.395 e. The van der Waals surface area contributed by atoms with Gasteiger partial charge in [-0.2, -0.15) is 4.31 Å². The number of aliphatic hydroxyl groups excluding tert-OH is 2. The monoisotopic (exact) mass is 316 g/mol. The summed E-state index contributed by atoms with van der Waals surface area (Å²) in [5.74, 6) is -0.301. The molecular formula is C13H20N2O5S. The van der Waals surface area contributed by atoms with E-state index in [0.717, 1.165) is 4.31 Å². The van der Waals surface area contributed by atoms with Gasteiger partial charge in [-0.1, -0.05) is 6.07 Å². The number of nitrogens with one attached hydrogen (secondary N) is 1. The predicted octanol–water partition coefficient (Wildman–Crippen LogP) is -0.0713. The molecule has 8 heteroatoms. The molecule has 0 bridgehead atoms. The Hall–Kier alpha value is -1.48. The van der Waals surface area contributed by atoms with Gasteiger partial charge in [0.15, 0.2) is 0 Å². The van der Waals surface area contributed by atoms with E-state index in [9.17, 15) is 13.2 Å². The summed E-state index contributed by atoms with van der Waals surface area (Å²) in [4.78, 5) is 11.1. The summed E-state index contributed by atoms with van der Waals surface area (Å²) in [5, 5.41) is 20.5. The van der Waals surface area contributed by atoms with E-state index in [1.165, 1.54) is 13.0 Å². The third kappa shape index (κ3) is 4.50. The maximum absolute atomic E-state index is 12.6. The topological polar surface area (TPSA) is 107 Å².